The summed E-state index contributed by atoms with van der Waals surface area (Å²) in [6.45, 7) is 0. The Morgan fingerprint density at radius 1 is 0.833 bits per heavy atom. The molecule has 2 rings (SSSR count). The zero-order valence-corrected chi connectivity index (χ0v) is 6.38. The van der Waals surface area contributed by atoms with E-state index in [1.54, 1.807) is 31.0 Å². The zero-order chi connectivity index (χ0) is 8.23. The predicted molar refractivity (Wildman–Crippen MR) is 45.3 cm³/mol. The van der Waals surface area contributed by atoms with Gasteiger partial charge in [-0.3, -0.25) is 15.0 Å². The third kappa shape index (κ3) is 1.29. The molecule has 0 bridgehead atoms. The minimum absolute atomic E-state index is 0.875. The van der Waals surface area contributed by atoms with Crippen molar-refractivity contribution in [2.24, 2.45) is 0 Å². The molecule has 2 aromatic rings. The molecule has 0 amide bonds. The highest BCUT2D eigenvalue weighted by Crippen LogP contribution is 2.12. The van der Waals surface area contributed by atoms with Gasteiger partial charge in [0.25, 0.3) is 0 Å². The van der Waals surface area contributed by atoms with Crippen LogP contribution in [0.3, 0.4) is 0 Å². The molecule has 58 valence electrons. The molecule has 0 aliphatic heterocycles. The SMILES string of the molecule is c1cc(-c2cnccn2)ccn1. The Bertz CT molecular complexity index is 307. The molecular weight excluding hydrogens is 150 g/mol. The molecular formula is C9H7N3. The molecule has 0 radical (unpaired) electrons. The predicted octanol–water partition coefficient (Wildman–Crippen LogP) is 1.54. The lowest BCUT2D eigenvalue weighted by Gasteiger charge is -1.96. The van der Waals surface area contributed by atoms with E-state index in [2.05, 4.69) is 15.0 Å². The lowest BCUT2D eigenvalue weighted by Crippen LogP contribution is -1.83. The summed E-state index contributed by atoms with van der Waals surface area (Å²) in [5.74, 6) is 0. The second-order valence-electron chi connectivity index (χ2n) is 2.33. The van der Waals surface area contributed by atoms with Gasteiger partial charge in [-0.1, -0.05) is 0 Å². The van der Waals surface area contributed by atoms with Gasteiger partial charge >= 0.3 is 0 Å². The van der Waals surface area contributed by atoms with E-state index in [1.165, 1.54) is 0 Å². The van der Waals surface area contributed by atoms with Crippen LogP contribution in [0.2, 0.25) is 0 Å². The molecule has 2 aromatic heterocycles. The zero-order valence-electron chi connectivity index (χ0n) is 6.38. The largest absolute Gasteiger partial charge is 0.265 e. The van der Waals surface area contributed by atoms with Crippen molar-refractivity contribution in [3.63, 3.8) is 0 Å². The summed E-state index contributed by atoms with van der Waals surface area (Å²) in [7, 11) is 0. The Balaban J connectivity index is 2.46. The van der Waals surface area contributed by atoms with Gasteiger partial charge in [0.05, 0.1) is 11.9 Å². The topological polar surface area (TPSA) is 38.7 Å². The maximum absolute atomic E-state index is 4.16. The second-order valence-corrected chi connectivity index (χ2v) is 2.33. The van der Waals surface area contributed by atoms with Gasteiger partial charge in [0.2, 0.25) is 0 Å². The number of hydrogen-bond donors (Lipinski definition) is 0. The average Bonchev–Trinajstić information content (AvgIpc) is 2.21. The molecule has 0 atom stereocenters. The number of aromatic nitrogens is 3. The van der Waals surface area contributed by atoms with E-state index in [0.717, 1.165) is 11.3 Å². The molecule has 0 aromatic carbocycles. The van der Waals surface area contributed by atoms with E-state index in [4.69, 9.17) is 0 Å². The summed E-state index contributed by atoms with van der Waals surface area (Å²) in [4.78, 5) is 12.1. The highest BCUT2D eigenvalue weighted by atomic mass is 14.8. The van der Waals surface area contributed by atoms with Crippen molar-refractivity contribution in [3.8, 4) is 11.3 Å². The third-order valence-corrected chi connectivity index (χ3v) is 1.54. The van der Waals surface area contributed by atoms with Crippen molar-refractivity contribution >= 4 is 0 Å². The smallest absolute Gasteiger partial charge is 0.0886 e. The van der Waals surface area contributed by atoms with Crippen LogP contribution in [-0.4, -0.2) is 15.0 Å². The van der Waals surface area contributed by atoms with Gasteiger partial charge < -0.3 is 0 Å². The van der Waals surface area contributed by atoms with Gasteiger partial charge in [-0.2, -0.15) is 0 Å². The van der Waals surface area contributed by atoms with Crippen molar-refractivity contribution in [1.82, 2.24) is 15.0 Å². The Kier molecular flexibility index (Phi) is 1.78. The summed E-state index contributed by atoms with van der Waals surface area (Å²) in [5.41, 5.74) is 1.91. The summed E-state index contributed by atoms with van der Waals surface area (Å²) in [6, 6.07) is 3.81. The van der Waals surface area contributed by atoms with Gasteiger partial charge in [-0.25, -0.2) is 0 Å². The van der Waals surface area contributed by atoms with Crippen molar-refractivity contribution in [2.45, 2.75) is 0 Å². The summed E-state index contributed by atoms with van der Waals surface area (Å²) in [6.07, 6.45) is 8.55. The number of nitrogens with zero attached hydrogens (tertiary/aromatic N) is 3. The van der Waals surface area contributed by atoms with E-state index in [-0.39, 0.29) is 0 Å². The normalized spacial score (nSPS) is 9.67. The van der Waals surface area contributed by atoms with Gasteiger partial charge in [0, 0.05) is 30.4 Å². The molecule has 0 saturated heterocycles. The molecule has 0 aliphatic rings. The van der Waals surface area contributed by atoms with Crippen molar-refractivity contribution in [1.29, 1.82) is 0 Å². The minimum atomic E-state index is 0.875. The van der Waals surface area contributed by atoms with E-state index >= 15 is 0 Å². The second kappa shape index (κ2) is 3.09. The van der Waals surface area contributed by atoms with Gasteiger partial charge in [0.1, 0.15) is 0 Å². The highest BCUT2D eigenvalue weighted by molar-refractivity contribution is 5.56. The van der Waals surface area contributed by atoms with Gasteiger partial charge in [0.15, 0.2) is 0 Å². The van der Waals surface area contributed by atoms with Crippen LogP contribution < -0.4 is 0 Å². The fourth-order valence-corrected chi connectivity index (χ4v) is 0.971. The first-order chi connectivity index (χ1) is 5.97. The molecule has 12 heavy (non-hydrogen) atoms. The van der Waals surface area contributed by atoms with Crippen molar-refractivity contribution in [3.05, 3.63) is 43.1 Å². The monoisotopic (exact) mass is 157 g/mol. The first kappa shape index (κ1) is 6.91. The highest BCUT2D eigenvalue weighted by Gasteiger charge is 1.95. The van der Waals surface area contributed by atoms with Gasteiger partial charge in [-0.05, 0) is 12.1 Å². The summed E-state index contributed by atoms with van der Waals surface area (Å²) in [5, 5.41) is 0. The van der Waals surface area contributed by atoms with E-state index in [1.807, 2.05) is 12.1 Å². The summed E-state index contributed by atoms with van der Waals surface area (Å²) < 4.78 is 0. The third-order valence-electron chi connectivity index (χ3n) is 1.54. The molecule has 3 heteroatoms. The van der Waals surface area contributed by atoms with E-state index in [0.29, 0.717) is 0 Å². The first-order valence-corrected chi connectivity index (χ1v) is 3.63. The minimum Gasteiger partial charge on any atom is -0.265 e. The van der Waals surface area contributed by atoms with Crippen LogP contribution >= 0.6 is 0 Å². The molecule has 0 N–H and O–H groups in total. The molecule has 0 unspecified atom stereocenters. The lowest BCUT2D eigenvalue weighted by molar-refractivity contribution is 1.20. The van der Waals surface area contributed by atoms with Crippen LogP contribution in [0.1, 0.15) is 0 Å². The number of hydrogen-bond acceptors (Lipinski definition) is 3. The molecule has 0 fully saturated rings. The molecule has 0 spiro atoms. The fraction of sp³-hybridized carbons (Fsp3) is 0. The Hall–Kier alpha value is -1.77. The Labute approximate surface area is 70.1 Å². The maximum Gasteiger partial charge on any atom is 0.0886 e. The van der Waals surface area contributed by atoms with E-state index < -0.39 is 0 Å². The van der Waals surface area contributed by atoms with Crippen LogP contribution in [0.5, 0.6) is 0 Å². The van der Waals surface area contributed by atoms with Crippen LogP contribution in [0, 0.1) is 0 Å². The summed E-state index contributed by atoms with van der Waals surface area (Å²) >= 11 is 0. The fourth-order valence-electron chi connectivity index (χ4n) is 0.971. The number of rotatable bonds is 1. The van der Waals surface area contributed by atoms with E-state index in [9.17, 15) is 0 Å². The molecule has 0 aliphatic carbocycles. The lowest BCUT2D eigenvalue weighted by atomic mass is 10.2. The average molecular weight is 157 g/mol. The van der Waals surface area contributed by atoms with Crippen LogP contribution in [0.25, 0.3) is 11.3 Å². The molecule has 0 saturated carbocycles. The number of pyridine rings is 1. The van der Waals surface area contributed by atoms with Crippen LogP contribution in [0.15, 0.2) is 43.1 Å². The van der Waals surface area contributed by atoms with Crippen LogP contribution in [0.4, 0.5) is 0 Å². The first-order valence-electron chi connectivity index (χ1n) is 3.63. The van der Waals surface area contributed by atoms with Crippen molar-refractivity contribution in [2.75, 3.05) is 0 Å². The Morgan fingerprint density at radius 3 is 2.33 bits per heavy atom. The molecule has 3 nitrogen and oxygen atoms in total. The quantitative estimate of drug-likeness (QED) is 0.630. The van der Waals surface area contributed by atoms with Crippen LogP contribution in [-0.2, 0) is 0 Å². The van der Waals surface area contributed by atoms with Gasteiger partial charge in [-0.15, -0.1) is 0 Å². The molecule has 2 heterocycles. The van der Waals surface area contributed by atoms with Crippen molar-refractivity contribution < 1.29 is 0 Å². The maximum atomic E-state index is 4.16. The standard InChI is InChI=1S/C9H7N3/c1-3-10-4-2-8(1)9-7-11-5-6-12-9/h1-7H. The Morgan fingerprint density at radius 2 is 1.67 bits per heavy atom.